The van der Waals surface area contributed by atoms with Crippen LogP contribution in [0.5, 0.6) is 0 Å². The largest absolute Gasteiger partial charge is 0.416 e. The molecular formula is C25H15F6N4+. The molecular weight excluding hydrogens is 470 g/mol. The summed E-state index contributed by atoms with van der Waals surface area (Å²) in [6, 6.07) is 12.9. The molecule has 0 fully saturated rings. The van der Waals surface area contributed by atoms with Crippen molar-refractivity contribution in [3.05, 3.63) is 102 Å². The van der Waals surface area contributed by atoms with Gasteiger partial charge < -0.3 is 4.98 Å². The summed E-state index contributed by atoms with van der Waals surface area (Å²) in [5, 5.41) is 4.28. The predicted molar refractivity (Wildman–Crippen MR) is 115 cm³/mol. The van der Waals surface area contributed by atoms with Gasteiger partial charge in [0.05, 0.1) is 11.1 Å². The summed E-state index contributed by atoms with van der Waals surface area (Å²) in [6.45, 7) is 0.328. The zero-order valence-electron chi connectivity index (χ0n) is 17.7. The van der Waals surface area contributed by atoms with E-state index in [1.54, 1.807) is 35.1 Å². The quantitative estimate of drug-likeness (QED) is 0.248. The van der Waals surface area contributed by atoms with Crippen LogP contribution in [0.2, 0.25) is 0 Å². The van der Waals surface area contributed by atoms with Crippen LogP contribution in [0.1, 0.15) is 11.1 Å². The molecule has 0 unspecified atom stereocenters. The number of aromatic nitrogens is 4. The monoisotopic (exact) mass is 485 g/mol. The Morgan fingerprint density at radius 3 is 2.34 bits per heavy atom. The van der Waals surface area contributed by atoms with Gasteiger partial charge in [-0.3, -0.25) is 0 Å². The molecule has 1 N–H and O–H groups in total. The number of nitrogens with one attached hydrogen (secondary N) is 1. The molecule has 0 radical (unpaired) electrons. The first-order valence-corrected chi connectivity index (χ1v) is 10.3. The van der Waals surface area contributed by atoms with Gasteiger partial charge in [0.15, 0.2) is 18.2 Å². The molecule has 35 heavy (non-hydrogen) atoms. The number of alkyl halides is 3. The molecule has 0 saturated heterocycles. The third kappa shape index (κ3) is 4.46. The van der Waals surface area contributed by atoms with E-state index in [1.165, 1.54) is 18.3 Å². The van der Waals surface area contributed by atoms with Gasteiger partial charge in [-0.25, -0.2) is 18.2 Å². The third-order valence-electron chi connectivity index (χ3n) is 5.48. The Kier molecular flexibility index (Phi) is 5.50. The van der Waals surface area contributed by atoms with Crippen LogP contribution in [0, 0.1) is 17.5 Å². The van der Waals surface area contributed by atoms with Gasteiger partial charge in [-0.15, -0.1) is 0 Å². The number of hydrogen-bond acceptors (Lipinski definition) is 2. The van der Waals surface area contributed by atoms with E-state index >= 15 is 0 Å². The van der Waals surface area contributed by atoms with Crippen molar-refractivity contribution in [3.8, 4) is 22.5 Å². The fourth-order valence-electron chi connectivity index (χ4n) is 3.71. The normalized spacial score (nSPS) is 11.8. The number of nitrogens with zero attached hydrogens (tertiary/aromatic N) is 3. The second kappa shape index (κ2) is 8.53. The van der Waals surface area contributed by atoms with E-state index in [9.17, 15) is 26.3 Å². The zero-order chi connectivity index (χ0) is 24.7. The van der Waals surface area contributed by atoms with Crippen LogP contribution in [0.4, 0.5) is 26.3 Å². The fourth-order valence-corrected chi connectivity index (χ4v) is 3.71. The van der Waals surface area contributed by atoms with E-state index in [2.05, 4.69) is 15.1 Å². The van der Waals surface area contributed by atoms with Crippen molar-refractivity contribution in [2.45, 2.75) is 12.7 Å². The van der Waals surface area contributed by atoms with Gasteiger partial charge in [0.2, 0.25) is 6.20 Å². The van der Waals surface area contributed by atoms with Gasteiger partial charge in [0.25, 0.3) is 0 Å². The number of hydrogen-bond donors (Lipinski definition) is 1. The molecule has 3 aromatic carbocycles. The lowest BCUT2D eigenvalue weighted by Crippen LogP contribution is -2.37. The minimum Gasteiger partial charge on any atom is -0.333 e. The van der Waals surface area contributed by atoms with Crippen LogP contribution in [-0.4, -0.2) is 15.1 Å². The van der Waals surface area contributed by atoms with E-state index in [0.717, 1.165) is 23.8 Å². The molecule has 0 atom stereocenters. The molecule has 0 bridgehead atoms. The molecule has 176 valence electrons. The van der Waals surface area contributed by atoms with E-state index in [-0.39, 0.29) is 17.0 Å². The lowest BCUT2D eigenvalue weighted by Gasteiger charge is -2.09. The fraction of sp³-hybridized carbons (Fsp3) is 0.0800. The van der Waals surface area contributed by atoms with Gasteiger partial charge in [0, 0.05) is 11.1 Å². The van der Waals surface area contributed by atoms with Crippen LogP contribution < -0.4 is 4.68 Å². The number of imidazole rings is 1. The zero-order valence-corrected chi connectivity index (χ0v) is 17.7. The lowest BCUT2D eigenvalue weighted by atomic mass is 10.0. The first-order chi connectivity index (χ1) is 16.7. The van der Waals surface area contributed by atoms with E-state index in [1.807, 2.05) is 0 Å². The molecule has 2 aromatic heterocycles. The van der Waals surface area contributed by atoms with Crippen molar-refractivity contribution in [3.63, 3.8) is 0 Å². The van der Waals surface area contributed by atoms with E-state index in [0.29, 0.717) is 29.2 Å². The second-order valence-electron chi connectivity index (χ2n) is 7.85. The van der Waals surface area contributed by atoms with Gasteiger partial charge in [-0.2, -0.15) is 13.2 Å². The van der Waals surface area contributed by atoms with Crippen molar-refractivity contribution in [2.24, 2.45) is 0 Å². The molecule has 5 aromatic rings. The number of halogens is 6. The van der Waals surface area contributed by atoms with Gasteiger partial charge >= 0.3 is 6.18 Å². The molecule has 0 amide bonds. The Hall–Kier alpha value is -4.21. The molecule has 2 heterocycles. The first kappa shape index (κ1) is 22.6. The van der Waals surface area contributed by atoms with Crippen LogP contribution in [0.25, 0.3) is 33.5 Å². The summed E-state index contributed by atoms with van der Waals surface area (Å²) in [4.78, 5) is 7.22. The van der Waals surface area contributed by atoms with Crippen molar-refractivity contribution < 1.29 is 31.0 Å². The maximum atomic E-state index is 14.3. The summed E-state index contributed by atoms with van der Waals surface area (Å²) in [5.74, 6) is -2.77. The Morgan fingerprint density at radius 1 is 0.857 bits per heavy atom. The maximum absolute atomic E-state index is 14.3. The van der Waals surface area contributed by atoms with Gasteiger partial charge in [-0.1, -0.05) is 41.1 Å². The topological polar surface area (TPSA) is 45.5 Å². The molecule has 10 heteroatoms. The minimum atomic E-state index is -4.62. The van der Waals surface area contributed by atoms with Gasteiger partial charge in [0.1, 0.15) is 28.9 Å². The van der Waals surface area contributed by atoms with E-state index < -0.39 is 29.2 Å². The molecule has 4 nitrogen and oxygen atoms in total. The Bertz CT molecular complexity index is 1540. The average Bonchev–Trinajstić information content (AvgIpc) is 3.24. The predicted octanol–water partition coefficient (Wildman–Crippen LogP) is 6.06. The standard InChI is InChI=1S/C25H14F6N4/c26-19-3-1-2-18(23(19)28)24-33-21-11-32-35(13-22(21)34-24)12-14-4-6-15(7-5-14)17-9-8-16(10-20(17)27)25(29,30)31/h1-11,13H,12H2/p+1. The van der Waals surface area contributed by atoms with Crippen molar-refractivity contribution in [1.82, 2.24) is 15.1 Å². The van der Waals surface area contributed by atoms with Crippen molar-refractivity contribution in [1.29, 1.82) is 0 Å². The SMILES string of the molecule is Fc1cc(C(F)(F)F)ccc1-c1ccc(C[n+]2cc3[nH]c(-c4cccc(F)c4F)nc3cn2)cc1. The van der Waals surface area contributed by atoms with E-state index in [4.69, 9.17) is 0 Å². The smallest absolute Gasteiger partial charge is 0.333 e. The van der Waals surface area contributed by atoms with Crippen LogP contribution in [0.15, 0.2) is 73.1 Å². The van der Waals surface area contributed by atoms with Gasteiger partial charge in [-0.05, 0) is 34.9 Å². The average molecular weight is 485 g/mol. The summed E-state index contributed by atoms with van der Waals surface area (Å²) in [7, 11) is 0. The van der Waals surface area contributed by atoms with Crippen LogP contribution in [0.3, 0.4) is 0 Å². The minimum absolute atomic E-state index is 0.00108. The summed E-state index contributed by atoms with van der Waals surface area (Å²) >= 11 is 0. The van der Waals surface area contributed by atoms with Crippen LogP contribution in [-0.2, 0) is 12.7 Å². The third-order valence-corrected chi connectivity index (χ3v) is 5.48. The number of H-pyrrole nitrogens is 1. The Morgan fingerprint density at radius 2 is 1.63 bits per heavy atom. The molecule has 0 spiro atoms. The summed E-state index contributed by atoms with van der Waals surface area (Å²) in [5.41, 5.74) is 1.27. The summed E-state index contributed by atoms with van der Waals surface area (Å²) < 4.78 is 81.8. The number of aromatic amines is 1. The molecule has 0 aliphatic rings. The Labute approximate surface area is 194 Å². The van der Waals surface area contributed by atoms with Crippen molar-refractivity contribution in [2.75, 3.05) is 0 Å². The number of benzene rings is 3. The van der Waals surface area contributed by atoms with Crippen LogP contribution >= 0.6 is 0 Å². The highest BCUT2D eigenvalue weighted by molar-refractivity contribution is 5.77. The highest BCUT2D eigenvalue weighted by atomic mass is 19.4. The molecule has 0 saturated carbocycles. The number of fused-ring (bicyclic) bond motifs is 1. The lowest BCUT2D eigenvalue weighted by molar-refractivity contribution is -0.745. The van der Waals surface area contributed by atoms with Crippen molar-refractivity contribution >= 4 is 11.0 Å². The molecule has 0 aliphatic heterocycles. The first-order valence-electron chi connectivity index (χ1n) is 10.3. The highest BCUT2D eigenvalue weighted by Gasteiger charge is 2.31. The maximum Gasteiger partial charge on any atom is 0.416 e. The number of rotatable bonds is 4. The molecule has 0 aliphatic carbocycles. The molecule has 5 rings (SSSR count). The Balaban J connectivity index is 1.37. The summed E-state index contributed by atoms with van der Waals surface area (Å²) in [6.07, 6.45) is -1.47. The highest BCUT2D eigenvalue weighted by Crippen LogP contribution is 2.33. The second-order valence-corrected chi connectivity index (χ2v) is 7.85.